The lowest BCUT2D eigenvalue weighted by molar-refractivity contribution is -0.385. The maximum Gasteiger partial charge on any atom is 0.278 e. The van der Waals surface area contributed by atoms with Gasteiger partial charge in [-0.2, -0.15) is 14.9 Å². The molecule has 0 saturated heterocycles. The number of para-hydroxylation sites is 1. The Bertz CT molecular complexity index is 992. The number of rotatable bonds is 5. The molecule has 126 valence electrons. The first-order valence-electron chi connectivity index (χ1n) is 7.20. The van der Waals surface area contributed by atoms with Gasteiger partial charge in [-0.05, 0) is 42.5 Å². The molecule has 1 aromatic heterocycles. The number of aromatic nitrogens is 3. The molecule has 0 aliphatic carbocycles. The fourth-order valence-corrected chi connectivity index (χ4v) is 2.39. The van der Waals surface area contributed by atoms with Gasteiger partial charge < -0.3 is 4.74 Å². The van der Waals surface area contributed by atoms with Crippen LogP contribution in [0, 0.1) is 14.9 Å². The molecular weight excluding hydrogens is 342 g/mol. The third kappa shape index (κ3) is 3.45. The van der Waals surface area contributed by atoms with Crippen LogP contribution in [0.15, 0.2) is 53.6 Å². The van der Waals surface area contributed by atoms with Gasteiger partial charge in [0.1, 0.15) is 5.75 Å². The topological polar surface area (TPSA) is 98.3 Å². The first kappa shape index (κ1) is 16.5. The molecule has 3 rings (SSSR count). The van der Waals surface area contributed by atoms with Crippen LogP contribution < -0.4 is 4.74 Å². The van der Waals surface area contributed by atoms with Crippen LogP contribution in [0.4, 0.5) is 5.69 Å². The third-order valence-electron chi connectivity index (χ3n) is 3.44. The van der Waals surface area contributed by atoms with Gasteiger partial charge in [0, 0.05) is 11.6 Å². The van der Waals surface area contributed by atoms with Crippen LogP contribution in [0.5, 0.6) is 5.75 Å². The predicted octanol–water partition coefficient (Wildman–Crippen LogP) is 3.41. The van der Waals surface area contributed by atoms with Crippen molar-refractivity contribution < 1.29 is 9.66 Å². The summed E-state index contributed by atoms with van der Waals surface area (Å²) in [5.74, 6) is 1.20. The van der Waals surface area contributed by atoms with Gasteiger partial charge in [-0.15, -0.1) is 0 Å². The van der Waals surface area contributed by atoms with Crippen molar-refractivity contribution >= 4 is 24.1 Å². The lowest BCUT2D eigenvalue weighted by atomic mass is 10.2. The van der Waals surface area contributed by atoms with E-state index in [1.165, 1.54) is 17.0 Å². The highest BCUT2D eigenvalue weighted by Gasteiger charge is 2.12. The van der Waals surface area contributed by atoms with Crippen molar-refractivity contribution in [2.45, 2.75) is 0 Å². The molecule has 0 spiro atoms. The van der Waals surface area contributed by atoms with Crippen molar-refractivity contribution in [1.29, 1.82) is 0 Å². The van der Waals surface area contributed by atoms with E-state index in [4.69, 9.17) is 17.0 Å². The molecule has 9 heteroatoms. The van der Waals surface area contributed by atoms with Gasteiger partial charge in [0.05, 0.1) is 23.8 Å². The van der Waals surface area contributed by atoms with Gasteiger partial charge in [0.2, 0.25) is 4.77 Å². The second-order valence-corrected chi connectivity index (χ2v) is 5.34. The number of aromatic amines is 1. The highest BCUT2D eigenvalue weighted by molar-refractivity contribution is 7.71. The van der Waals surface area contributed by atoms with E-state index in [-0.39, 0.29) is 10.5 Å². The van der Waals surface area contributed by atoms with Crippen LogP contribution >= 0.6 is 12.2 Å². The molecule has 25 heavy (non-hydrogen) atoms. The number of hydrogen-bond donors (Lipinski definition) is 1. The van der Waals surface area contributed by atoms with Crippen molar-refractivity contribution in [2.24, 2.45) is 5.10 Å². The number of nitro benzene ring substituents is 1. The number of nitro groups is 1. The summed E-state index contributed by atoms with van der Waals surface area (Å²) in [5, 5.41) is 22.2. The Morgan fingerprint density at radius 3 is 2.68 bits per heavy atom. The second-order valence-electron chi connectivity index (χ2n) is 4.95. The first-order valence-corrected chi connectivity index (χ1v) is 7.60. The Hall–Kier alpha value is -3.33. The zero-order valence-corrected chi connectivity index (χ0v) is 13.9. The monoisotopic (exact) mass is 355 g/mol. The van der Waals surface area contributed by atoms with Crippen LogP contribution in [-0.4, -0.2) is 33.1 Å². The standard InChI is InChI=1S/C16H13N5O3S/c1-24-13-8-6-11(7-9-13)15-18-19-16(25)20(15)17-10-12-4-2-3-5-14(12)21(22)23/h2-10H,1H3,(H,19,25)/b17-10+. The Labute approximate surface area is 147 Å². The predicted molar refractivity (Wildman–Crippen MR) is 95.5 cm³/mol. The molecule has 0 aliphatic rings. The summed E-state index contributed by atoms with van der Waals surface area (Å²) in [6.45, 7) is 0. The molecule has 0 bridgehead atoms. The van der Waals surface area contributed by atoms with E-state index < -0.39 is 4.92 Å². The molecule has 2 aromatic carbocycles. The van der Waals surface area contributed by atoms with E-state index in [9.17, 15) is 10.1 Å². The second kappa shape index (κ2) is 7.05. The molecule has 1 N–H and O–H groups in total. The van der Waals surface area contributed by atoms with Crippen molar-refractivity contribution in [3.63, 3.8) is 0 Å². The highest BCUT2D eigenvalue weighted by atomic mass is 32.1. The van der Waals surface area contributed by atoms with Gasteiger partial charge in [-0.1, -0.05) is 12.1 Å². The van der Waals surface area contributed by atoms with Gasteiger partial charge in [0.15, 0.2) is 5.82 Å². The quantitative estimate of drug-likeness (QED) is 0.327. The molecule has 0 fully saturated rings. The minimum atomic E-state index is -0.458. The number of ether oxygens (including phenoxy) is 1. The molecule has 0 saturated carbocycles. The van der Waals surface area contributed by atoms with Gasteiger partial charge in [-0.3, -0.25) is 10.1 Å². The zero-order chi connectivity index (χ0) is 17.8. The number of nitrogens with one attached hydrogen (secondary N) is 1. The number of methoxy groups -OCH3 is 1. The molecule has 1 heterocycles. The van der Waals surface area contributed by atoms with Gasteiger partial charge in [-0.25, -0.2) is 5.10 Å². The Morgan fingerprint density at radius 2 is 2.00 bits per heavy atom. The molecular formula is C16H13N5O3S. The van der Waals surface area contributed by atoms with E-state index in [1.54, 1.807) is 37.4 Å². The molecule has 0 amide bonds. The summed E-state index contributed by atoms with van der Waals surface area (Å²) in [5.41, 5.74) is 1.11. The number of hydrogen-bond acceptors (Lipinski definition) is 6. The van der Waals surface area contributed by atoms with E-state index in [0.717, 1.165) is 5.56 Å². The summed E-state index contributed by atoms with van der Waals surface area (Å²) in [6.07, 6.45) is 1.39. The van der Waals surface area contributed by atoms with E-state index >= 15 is 0 Å². The fraction of sp³-hybridized carbons (Fsp3) is 0.0625. The first-order chi connectivity index (χ1) is 12.1. The number of benzene rings is 2. The smallest absolute Gasteiger partial charge is 0.278 e. The van der Waals surface area contributed by atoms with Crippen LogP contribution in [0.2, 0.25) is 0 Å². The van der Waals surface area contributed by atoms with E-state index in [0.29, 0.717) is 17.1 Å². The van der Waals surface area contributed by atoms with Crippen molar-refractivity contribution in [2.75, 3.05) is 7.11 Å². The number of nitrogens with zero attached hydrogens (tertiary/aromatic N) is 4. The average molecular weight is 355 g/mol. The van der Waals surface area contributed by atoms with E-state index in [2.05, 4.69) is 15.3 Å². The summed E-state index contributed by atoms with van der Waals surface area (Å²) >= 11 is 5.19. The third-order valence-corrected chi connectivity index (χ3v) is 3.71. The maximum atomic E-state index is 11.1. The largest absolute Gasteiger partial charge is 0.497 e. The van der Waals surface area contributed by atoms with Gasteiger partial charge >= 0.3 is 0 Å². The van der Waals surface area contributed by atoms with E-state index in [1.807, 2.05) is 12.1 Å². The summed E-state index contributed by atoms with van der Waals surface area (Å²) in [6, 6.07) is 13.6. The molecule has 0 atom stereocenters. The van der Waals surface area contributed by atoms with Crippen LogP contribution in [0.25, 0.3) is 11.4 Å². The molecule has 3 aromatic rings. The van der Waals surface area contributed by atoms with Gasteiger partial charge in [0.25, 0.3) is 5.69 Å². The zero-order valence-electron chi connectivity index (χ0n) is 13.1. The summed E-state index contributed by atoms with van der Waals surface area (Å²) in [7, 11) is 1.59. The summed E-state index contributed by atoms with van der Waals surface area (Å²) in [4.78, 5) is 10.6. The van der Waals surface area contributed by atoms with Crippen molar-refractivity contribution in [3.8, 4) is 17.1 Å². The average Bonchev–Trinajstić information content (AvgIpc) is 3.00. The van der Waals surface area contributed by atoms with Crippen LogP contribution in [-0.2, 0) is 0 Å². The fourth-order valence-electron chi connectivity index (χ4n) is 2.21. The highest BCUT2D eigenvalue weighted by Crippen LogP contribution is 2.21. The van der Waals surface area contributed by atoms with Crippen molar-refractivity contribution in [1.82, 2.24) is 14.9 Å². The minimum absolute atomic E-state index is 0.0349. The lowest BCUT2D eigenvalue weighted by Crippen LogP contribution is -1.98. The SMILES string of the molecule is COc1ccc(-c2n[nH]c(=S)n2/N=C/c2ccccc2[N+](=O)[O-])cc1. The lowest BCUT2D eigenvalue weighted by Gasteiger charge is -2.03. The minimum Gasteiger partial charge on any atom is -0.497 e. The molecule has 0 radical (unpaired) electrons. The van der Waals surface area contributed by atoms with Crippen molar-refractivity contribution in [3.05, 3.63) is 69.0 Å². The van der Waals surface area contributed by atoms with Crippen LogP contribution in [0.1, 0.15) is 5.56 Å². The Balaban J connectivity index is 2.00. The van der Waals surface area contributed by atoms with Crippen LogP contribution in [0.3, 0.4) is 0 Å². The Kier molecular flexibility index (Phi) is 4.66. The normalized spacial score (nSPS) is 10.9. The molecule has 8 nitrogen and oxygen atoms in total. The number of H-pyrrole nitrogens is 1. The molecule has 0 unspecified atom stereocenters. The maximum absolute atomic E-state index is 11.1. The molecule has 0 aliphatic heterocycles. The summed E-state index contributed by atoms with van der Waals surface area (Å²) < 4.78 is 6.82. The Morgan fingerprint density at radius 1 is 1.28 bits per heavy atom.